The first-order chi connectivity index (χ1) is 8.21. The molecular weight excluding hydrogens is 256 g/mol. The van der Waals surface area contributed by atoms with Crippen LogP contribution in [0.3, 0.4) is 0 Å². The fourth-order valence-corrected chi connectivity index (χ4v) is 1.84. The van der Waals surface area contributed by atoms with Crippen molar-refractivity contribution >= 4 is 11.6 Å². The minimum absolute atomic E-state index is 0.835. The number of aliphatic hydroxyl groups is 5. The van der Waals surface area contributed by atoms with E-state index in [1.807, 2.05) is 0 Å². The number of hydrogen-bond acceptors (Lipinski definition) is 7. The summed E-state index contributed by atoms with van der Waals surface area (Å²) in [5, 5.41) is 49.8. The Morgan fingerprint density at radius 1 is 0.789 bits per heavy atom. The van der Waals surface area contributed by atoms with Crippen LogP contribution in [0.2, 0.25) is 0 Å². The Balaban J connectivity index is 5.70. The number of carbonyl (C=O) groups excluding carboxylic acids is 2. The lowest BCUT2D eigenvalue weighted by Gasteiger charge is -2.50. The van der Waals surface area contributed by atoms with Crippen LogP contribution in [0.4, 0.5) is 0 Å². The first-order valence-electron chi connectivity index (χ1n) is 5.75. The number of Topliss-reactive ketones (excluding diaryl/α,β-unsaturated/α-hetero) is 2. The number of aliphatic hydroxyl groups excluding tert-OH is 2. The third-order valence-corrected chi connectivity index (χ3v) is 3.81. The average molecular weight is 278 g/mol. The summed E-state index contributed by atoms with van der Waals surface area (Å²) in [6, 6.07) is 0. The molecule has 3 unspecified atom stereocenters. The van der Waals surface area contributed by atoms with E-state index in [0.717, 1.165) is 34.6 Å². The van der Waals surface area contributed by atoms with Gasteiger partial charge >= 0.3 is 0 Å². The van der Waals surface area contributed by atoms with E-state index in [-0.39, 0.29) is 0 Å². The maximum atomic E-state index is 11.1. The molecule has 0 spiro atoms. The van der Waals surface area contributed by atoms with E-state index in [1.165, 1.54) is 0 Å². The van der Waals surface area contributed by atoms with Gasteiger partial charge in [0.2, 0.25) is 0 Å². The highest BCUT2D eigenvalue weighted by Crippen LogP contribution is 2.37. The van der Waals surface area contributed by atoms with Crippen LogP contribution in [0.5, 0.6) is 0 Å². The first-order valence-corrected chi connectivity index (χ1v) is 5.75. The summed E-state index contributed by atoms with van der Waals surface area (Å²) in [6.07, 6.45) is -3.98. The van der Waals surface area contributed by atoms with Gasteiger partial charge in [-0.1, -0.05) is 0 Å². The Labute approximate surface area is 111 Å². The molecule has 0 aliphatic rings. The maximum absolute atomic E-state index is 11.1. The molecule has 5 N–H and O–H groups in total. The zero-order chi connectivity index (χ0) is 15.8. The van der Waals surface area contributed by atoms with Crippen LogP contribution in [0.25, 0.3) is 0 Å². The van der Waals surface area contributed by atoms with E-state index in [4.69, 9.17) is 0 Å². The molecule has 0 aliphatic heterocycles. The average Bonchev–Trinajstić information content (AvgIpc) is 2.25. The summed E-state index contributed by atoms with van der Waals surface area (Å²) in [5.41, 5.74) is -7.48. The minimum Gasteiger partial charge on any atom is -0.384 e. The van der Waals surface area contributed by atoms with Gasteiger partial charge in [-0.3, -0.25) is 9.59 Å². The Kier molecular flexibility index (Phi) is 5.02. The van der Waals surface area contributed by atoms with Gasteiger partial charge in [0.1, 0.15) is 29.0 Å². The second-order valence-electron chi connectivity index (χ2n) is 5.39. The summed E-state index contributed by atoms with van der Waals surface area (Å²) in [7, 11) is 0. The molecule has 0 aromatic heterocycles. The van der Waals surface area contributed by atoms with Crippen molar-refractivity contribution in [2.75, 3.05) is 0 Å². The van der Waals surface area contributed by atoms with E-state index >= 15 is 0 Å². The van der Waals surface area contributed by atoms with E-state index in [0.29, 0.717) is 0 Å². The molecule has 19 heavy (non-hydrogen) atoms. The SMILES string of the molecule is CC(=O)C(O)[C@](C)(O)C(C)(O)[C@](C)(O)C(O)C(C)=O. The highest BCUT2D eigenvalue weighted by atomic mass is 16.4. The molecule has 0 fully saturated rings. The summed E-state index contributed by atoms with van der Waals surface area (Å²) in [5.74, 6) is -1.67. The fourth-order valence-electron chi connectivity index (χ4n) is 1.84. The summed E-state index contributed by atoms with van der Waals surface area (Å²) < 4.78 is 0. The van der Waals surface area contributed by atoms with Crippen molar-refractivity contribution in [2.45, 2.75) is 63.6 Å². The van der Waals surface area contributed by atoms with Crippen LogP contribution in [0.1, 0.15) is 34.6 Å². The monoisotopic (exact) mass is 278 g/mol. The Morgan fingerprint density at radius 2 is 1.00 bits per heavy atom. The third-order valence-electron chi connectivity index (χ3n) is 3.81. The van der Waals surface area contributed by atoms with E-state index in [2.05, 4.69) is 0 Å². The summed E-state index contributed by atoms with van der Waals surface area (Å²) in [4.78, 5) is 22.3. The fraction of sp³-hybridized carbons (Fsp3) is 0.833. The molecule has 7 nitrogen and oxygen atoms in total. The number of hydrogen-bond donors (Lipinski definition) is 5. The predicted molar refractivity (Wildman–Crippen MR) is 65.2 cm³/mol. The first kappa shape index (κ1) is 18.1. The molecule has 0 radical (unpaired) electrons. The van der Waals surface area contributed by atoms with Crippen LogP contribution in [0, 0.1) is 0 Å². The number of carbonyl (C=O) groups is 2. The second kappa shape index (κ2) is 5.26. The highest BCUT2D eigenvalue weighted by molar-refractivity contribution is 5.83. The second-order valence-corrected chi connectivity index (χ2v) is 5.39. The van der Waals surface area contributed by atoms with Crippen LogP contribution in [-0.2, 0) is 9.59 Å². The largest absolute Gasteiger partial charge is 0.384 e. The predicted octanol–water partition coefficient (Wildman–Crippen LogP) is -1.86. The van der Waals surface area contributed by atoms with Crippen molar-refractivity contribution in [3.8, 4) is 0 Å². The van der Waals surface area contributed by atoms with Crippen molar-refractivity contribution in [3.63, 3.8) is 0 Å². The van der Waals surface area contributed by atoms with Crippen LogP contribution < -0.4 is 0 Å². The number of ketones is 2. The Bertz CT molecular complexity index is 336. The molecule has 0 bridgehead atoms. The van der Waals surface area contributed by atoms with Crippen molar-refractivity contribution < 1.29 is 35.1 Å². The Hall–Kier alpha value is -0.860. The molecule has 0 aliphatic carbocycles. The molecule has 0 saturated heterocycles. The lowest BCUT2D eigenvalue weighted by molar-refractivity contribution is -0.269. The van der Waals surface area contributed by atoms with E-state index < -0.39 is 40.6 Å². The molecule has 0 saturated carbocycles. The van der Waals surface area contributed by atoms with Gasteiger partial charge in [-0.2, -0.15) is 0 Å². The van der Waals surface area contributed by atoms with Gasteiger partial charge in [-0.05, 0) is 34.6 Å². The lowest BCUT2D eigenvalue weighted by atomic mass is 9.67. The normalized spacial score (nSPS) is 24.5. The molecule has 0 rings (SSSR count). The molecular formula is C12H22O7. The molecule has 0 heterocycles. The van der Waals surface area contributed by atoms with E-state index in [1.54, 1.807) is 0 Å². The van der Waals surface area contributed by atoms with Crippen molar-refractivity contribution in [2.24, 2.45) is 0 Å². The van der Waals surface area contributed by atoms with Gasteiger partial charge in [-0.15, -0.1) is 0 Å². The van der Waals surface area contributed by atoms with Crippen LogP contribution >= 0.6 is 0 Å². The van der Waals surface area contributed by atoms with Crippen molar-refractivity contribution in [1.82, 2.24) is 0 Å². The standard InChI is InChI=1S/C12H22O7/c1-6(13)8(15)10(3,17)12(5,19)11(4,18)9(16)7(2)14/h8-9,15-19H,1-5H3/t8?,9?,10-,11+,12?. The summed E-state index contributed by atoms with van der Waals surface area (Å²) >= 11 is 0. The smallest absolute Gasteiger partial charge is 0.161 e. The zero-order valence-electron chi connectivity index (χ0n) is 11.7. The summed E-state index contributed by atoms with van der Waals surface area (Å²) in [6.45, 7) is 4.77. The third kappa shape index (κ3) is 2.85. The number of rotatable bonds is 6. The van der Waals surface area contributed by atoms with Gasteiger partial charge in [0.25, 0.3) is 0 Å². The van der Waals surface area contributed by atoms with Crippen LogP contribution in [0.15, 0.2) is 0 Å². The van der Waals surface area contributed by atoms with Gasteiger partial charge in [0, 0.05) is 0 Å². The molecule has 112 valence electrons. The maximum Gasteiger partial charge on any atom is 0.161 e. The minimum atomic E-state index is -2.53. The van der Waals surface area contributed by atoms with Crippen molar-refractivity contribution in [1.29, 1.82) is 0 Å². The molecule has 0 amide bonds. The molecule has 5 atom stereocenters. The molecule has 7 heteroatoms. The quantitative estimate of drug-likeness (QED) is 0.384. The lowest BCUT2D eigenvalue weighted by Crippen LogP contribution is -2.73. The van der Waals surface area contributed by atoms with E-state index in [9.17, 15) is 35.1 Å². The van der Waals surface area contributed by atoms with Gasteiger partial charge in [-0.25, -0.2) is 0 Å². The zero-order valence-corrected chi connectivity index (χ0v) is 11.7. The van der Waals surface area contributed by atoms with Crippen molar-refractivity contribution in [3.05, 3.63) is 0 Å². The highest BCUT2D eigenvalue weighted by Gasteiger charge is 2.61. The van der Waals surface area contributed by atoms with Gasteiger partial charge in [0.15, 0.2) is 11.6 Å². The van der Waals surface area contributed by atoms with Gasteiger partial charge < -0.3 is 25.5 Å². The molecule has 0 aromatic rings. The van der Waals surface area contributed by atoms with Crippen LogP contribution in [-0.4, -0.2) is 66.1 Å². The molecule has 0 aromatic carbocycles. The topological polar surface area (TPSA) is 135 Å². The Morgan fingerprint density at radius 3 is 1.16 bits per heavy atom. The van der Waals surface area contributed by atoms with Gasteiger partial charge in [0.05, 0.1) is 0 Å².